The number of nitrogens with zero attached hydrogens (tertiary/aromatic N) is 2. The predicted molar refractivity (Wildman–Crippen MR) is 124 cm³/mol. The standard InChI is InChI=1S/C26H33N3O2/c1-5-13-28-23(30)26(12-7-16-29(19-26)24(31)25(2,3)4)18-20-8-6-9-22(17-20)21-10-14-27-15-11-21/h5-6,8-11,14-15,17H,1,7,12-13,16,18-19H2,2-4H3,(H,28,30). The lowest BCUT2D eigenvalue weighted by Gasteiger charge is -2.43. The maximum atomic E-state index is 13.4. The van der Waals surface area contributed by atoms with E-state index in [9.17, 15) is 9.59 Å². The molecular formula is C26H33N3O2. The van der Waals surface area contributed by atoms with Crippen LogP contribution in [0.3, 0.4) is 0 Å². The van der Waals surface area contributed by atoms with Crippen molar-refractivity contribution < 1.29 is 9.59 Å². The van der Waals surface area contributed by atoms with Crippen LogP contribution in [-0.2, 0) is 16.0 Å². The summed E-state index contributed by atoms with van der Waals surface area (Å²) in [5, 5.41) is 3.00. The molecule has 164 valence electrons. The zero-order valence-corrected chi connectivity index (χ0v) is 18.9. The Hall–Kier alpha value is -2.95. The monoisotopic (exact) mass is 419 g/mol. The van der Waals surface area contributed by atoms with Gasteiger partial charge in [-0.25, -0.2) is 0 Å². The fraction of sp³-hybridized carbons (Fsp3) is 0.423. The van der Waals surface area contributed by atoms with Gasteiger partial charge in [-0.05, 0) is 48.1 Å². The Balaban J connectivity index is 1.92. The molecule has 5 nitrogen and oxygen atoms in total. The van der Waals surface area contributed by atoms with Crippen LogP contribution in [0.4, 0.5) is 0 Å². The Bertz CT molecular complexity index is 933. The lowest BCUT2D eigenvalue weighted by molar-refractivity contribution is -0.147. The number of aromatic nitrogens is 1. The fourth-order valence-corrected chi connectivity index (χ4v) is 4.34. The largest absolute Gasteiger partial charge is 0.352 e. The molecule has 31 heavy (non-hydrogen) atoms. The van der Waals surface area contributed by atoms with E-state index < -0.39 is 10.8 Å². The first-order valence-corrected chi connectivity index (χ1v) is 10.9. The smallest absolute Gasteiger partial charge is 0.228 e. The number of nitrogens with one attached hydrogen (secondary N) is 1. The van der Waals surface area contributed by atoms with E-state index in [4.69, 9.17) is 0 Å². The van der Waals surface area contributed by atoms with Crippen molar-refractivity contribution in [3.05, 3.63) is 67.0 Å². The average Bonchev–Trinajstić information content (AvgIpc) is 2.77. The van der Waals surface area contributed by atoms with Crippen LogP contribution in [0.5, 0.6) is 0 Å². The summed E-state index contributed by atoms with van der Waals surface area (Å²) in [6, 6.07) is 12.3. The molecule has 0 spiro atoms. The summed E-state index contributed by atoms with van der Waals surface area (Å²) in [6.07, 6.45) is 7.41. The van der Waals surface area contributed by atoms with Crippen LogP contribution < -0.4 is 5.32 Å². The molecule has 2 aromatic rings. The van der Waals surface area contributed by atoms with Gasteiger partial charge >= 0.3 is 0 Å². The summed E-state index contributed by atoms with van der Waals surface area (Å²) < 4.78 is 0. The van der Waals surface area contributed by atoms with Gasteiger partial charge in [0.05, 0.1) is 5.41 Å². The predicted octanol–water partition coefficient (Wildman–Crippen LogP) is 4.25. The second-order valence-corrected chi connectivity index (χ2v) is 9.47. The van der Waals surface area contributed by atoms with Gasteiger partial charge in [0, 0.05) is 37.4 Å². The molecule has 1 atom stereocenters. The van der Waals surface area contributed by atoms with Gasteiger partial charge in [0.15, 0.2) is 0 Å². The molecule has 5 heteroatoms. The normalized spacial score (nSPS) is 19.0. The van der Waals surface area contributed by atoms with Crippen LogP contribution >= 0.6 is 0 Å². The summed E-state index contributed by atoms with van der Waals surface area (Å²) in [7, 11) is 0. The number of rotatable bonds is 6. The Morgan fingerprint density at radius 2 is 1.94 bits per heavy atom. The van der Waals surface area contributed by atoms with E-state index in [1.165, 1.54) is 0 Å². The zero-order chi connectivity index (χ0) is 22.5. The van der Waals surface area contributed by atoms with Crippen molar-refractivity contribution in [1.29, 1.82) is 0 Å². The molecule has 3 rings (SSSR count). The minimum Gasteiger partial charge on any atom is -0.352 e. The highest BCUT2D eigenvalue weighted by Gasteiger charge is 2.44. The molecular weight excluding hydrogens is 386 g/mol. The third-order valence-electron chi connectivity index (χ3n) is 5.88. The van der Waals surface area contributed by atoms with Crippen molar-refractivity contribution >= 4 is 11.8 Å². The van der Waals surface area contributed by atoms with Gasteiger partial charge < -0.3 is 10.2 Å². The van der Waals surface area contributed by atoms with Crippen LogP contribution in [0, 0.1) is 10.8 Å². The highest BCUT2D eigenvalue weighted by Crippen LogP contribution is 2.36. The summed E-state index contributed by atoms with van der Waals surface area (Å²) >= 11 is 0. The van der Waals surface area contributed by atoms with E-state index >= 15 is 0 Å². The minimum absolute atomic E-state index is 0.00637. The van der Waals surface area contributed by atoms with Crippen LogP contribution in [0.15, 0.2) is 61.4 Å². The van der Waals surface area contributed by atoms with Crippen molar-refractivity contribution in [2.45, 2.75) is 40.0 Å². The van der Waals surface area contributed by atoms with E-state index in [2.05, 4.69) is 35.1 Å². The molecule has 1 unspecified atom stereocenters. The summed E-state index contributed by atoms with van der Waals surface area (Å²) in [5.41, 5.74) is 2.16. The zero-order valence-electron chi connectivity index (χ0n) is 18.9. The van der Waals surface area contributed by atoms with Crippen molar-refractivity contribution in [1.82, 2.24) is 15.2 Å². The molecule has 1 N–H and O–H groups in total. The maximum absolute atomic E-state index is 13.4. The molecule has 2 heterocycles. The maximum Gasteiger partial charge on any atom is 0.228 e. The molecule has 0 bridgehead atoms. The van der Waals surface area contributed by atoms with Gasteiger partial charge in [-0.15, -0.1) is 6.58 Å². The molecule has 0 radical (unpaired) electrons. The Kier molecular flexibility index (Phi) is 6.94. The number of pyridine rings is 1. The third-order valence-corrected chi connectivity index (χ3v) is 5.88. The topological polar surface area (TPSA) is 62.3 Å². The SMILES string of the molecule is C=CCNC(=O)C1(Cc2cccc(-c3ccncc3)c2)CCCN(C(=O)C(C)(C)C)C1. The highest BCUT2D eigenvalue weighted by atomic mass is 16.2. The third kappa shape index (κ3) is 5.40. The van der Waals surface area contributed by atoms with E-state index in [1.54, 1.807) is 18.5 Å². The molecule has 1 aliphatic heterocycles. The molecule has 1 saturated heterocycles. The Morgan fingerprint density at radius 1 is 1.19 bits per heavy atom. The second-order valence-electron chi connectivity index (χ2n) is 9.47. The number of benzene rings is 1. The Labute approximate surface area is 185 Å². The lowest BCUT2D eigenvalue weighted by Crippen LogP contribution is -2.56. The van der Waals surface area contributed by atoms with Crippen LogP contribution in [0.25, 0.3) is 11.1 Å². The van der Waals surface area contributed by atoms with E-state index in [-0.39, 0.29) is 11.8 Å². The van der Waals surface area contributed by atoms with Crippen molar-refractivity contribution in [3.8, 4) is 11.1 Å². The van der Waals surface area contributed by atoms with Gasteiger partial charge in [0.1, 0.15) is 0 Å². The molecule has 0 saturated carbocycles. The van der Waals surface area contributed by atoms with Crippen LogP contribution in [0.1, 0.15) is 39.2 Å². The first-order valence-electron chi connectivity index (χ1n) is 10.9. The molecule has 0 aliphatic carbocycles. The van der Waals surface area contributed by atoms with E-state index in [0.29, 0.717) is 26.1 Å². The van der Waals surface area contributed by atoms with E-state index in [0.717, 1.165) is 29.5 Å². The van der Waals surface area contributed by atoms with Gasteiger partial charge in [0.25, 0.3) is 0 Å². The summed E-state index contributed by atoms with van der Waals surface area (Å²) in [5.74, 6) is 0.0896. The number of hydrogen-bond acceptors (Lipinski definition) is 3. The van der Waals surface area contributed by atoms with Crippen molar-refractivity contribution in [2.24, 2.45) is 10.8 Å². The molecule has 1 aromatic heterocycles. The Morgan fingerprint density at radius 3 is 2.61 bits per heavy atom. The fourth-order valence-electron chi connectivity index (χ4n) is 4.34. The summed E-state index contributed by atoms with van der Waals surface area (Å²) in [4.78, 5) is 32.3. The van der Waals surface area contributed by atoms with Crippen molar-refractivity contribution in [3.63, 3.8) is 0 Å². The number of hydrogen-bond donors (Lipinski definition) is 1. The van der Waals surface area contributed by atoms with Gasteiger partial charge in [-0.3, -0.25) is 14.6 Å². The van der Waals surface area contributed by atoms with Crippen molar-refractivity contribution in [2.75, 3.05) is 19.6 Å². The number of carbonyl (C=O) groups excluding carboxylic acids is 2. The molecule has 1 aliphatic rings. The molecule has 1 fully saturated rings. The molecule has 2 amide bonds. The van der Waals surface area contributed by atoms with Crippen LogP contribution in [-0.4, -0.2) is 41.3 Å². The van der Waals surface area contributed by atoms with Gasteiger partial charge in [0.2, 0.25) is 11.8 Å². The second kappa shape index (κ2) is 9.46. The number of amides is 2. The first kappa shape index (κ1) is 22.7. The average molecular weight is 420 g/mol. The quantitative estimate of drug-likeness (QED) is 0.712. The molecule has 1 aromatic carbocycles. The van der Waals surface area contributed by atoms with E-state index in [1.807, 2.05) is 43.9 Å². The van der Waals surface area contributed by atoms with Gasteiger partial charge in [-0.2, -0.15) is 0 Å². The number of piperidine rings is 1. The number of likely N-dealkylation sites (tertiary alicyclic amines) is 1. The summed E-state index contributed by atoms with van der Waals surface area (Å²) in [6.45, 7) is 11.1. The lowest BCUT2D eigenvalue weighted by atomic mass is 9.73. The van der Waals surface area contributed by atoms with Gasteiger partial charge in [-0.1, -0.05) is 51.1 Å². The highest BCUT2D eigenvalue weighted by molar-refractivity contribution is 5.86. The van der Waals surface area contributed by atoms with Crippen LogP contribution in [0.2, 0.25) is 0 Å². The first-order chi connectivity index (χ1) is 14.7. The minimum atomic E-state index is -0.654. The number of carbonyl (C=O) groups is 2.